The molecule has 0 amide bonds. The first kappa shape index (κ1) is 20.9. The Kier molecular flexibility index (Phi) is 11.0. The Balaban J connectivity index is 2.38. The van der Waals surface area contributed by atoms with Crippen molar-refractivity contribution in [2.75, 3.05) is 0 Å². The highest BCUT2D eigenvalue weighted by Crippen LogP contribution is 2.10. The van der Waals surface area contributed by atoms with Crippen LogP contribution in [0.3, 0.4) is 0 Å². The lowest BCUT2D eigenvalue weighted by molar-refractivity contribution is -0.136. The molecule has 25 heavy (non-hydrogen) atoms. The van der Waals surface area contributed by atoms with Crippen molar-refractivity contribution in [2.24, 2.45) is 0 Å². The largest absolute Gasteiger partial charge is 0.481 e. The van der Waals surface area contributed by atoms with Gasteiger partial charge in [-0.1, -0.05) is 63.5 Å². The van der Waals surface area contributed by atoms with Crippen molar-refractivity contribution in [2.45, 2.75) is 70.8 Å². The van der Waals surface area contributed by atoms with E-state index >= 15 is 0 Å². The molecule has 0 spiro atoms. The minimum Gasteiger partial charge on any atom is -0.481 e. The van der Waals surface area contributed by atoms with Crippen LogP contribution in [0.15, 0.2) is 24.3 Å². The van der Waals surface area contributed by atoms with Crippen molar-refractivity contribution < 1.29 is 15.0 Å². The monoisotopic (exact) mass is 343 g/mol. The summed E-state index contributed by atoms with van der Waals surface area (Å²) in [5, 5.41) is 18.6. The van der Waals surface area contributed by atoms with Gasteiger partial charge in [0.15, 0.2) is 0 Å². The first-order valence-electron chi connectivity index (χ1n) is 9.15. The number of aliphatic hydroxyl groups excluding tert-OH is 1. The molecule has 0 unspecified atom stereocenters. The zero-order valence-electron chi connectivity index (χ0n) is 15.1. The molecule has 0 bridgehead atoms. The lowest BCUT2D eigenvalue weighted by Crippen LogP contribution is -2.01. The van der Waals surface area contributed by atoms with Crippen LogP contribution in [0.1, 0.15) is 76.1 Å². The second-order valence-electron chi connectivity index (χ2n) is 6.13. The van der Waals surface area contributed by atoms with Gasteiger partial charge in [-0.3, -0.25) is 4.79 Å². The number of unbranched alkanes of at least 4 members (excludes halogenated alkanes) is 5. The first-order valence-corrected chi connectivity index (χ1v) is 9.15. The first-order chi connectivity index (χ1) is 12.1. The van der Waals surface area contributed by atoms with Gasteiger partial charge in [-0.25, -0.2) is 4.98 Å². The van der Waals surface area contributed by atoms with E-state index in [0.29, 0.717) is 12.1 Å². The molecule has 0 aliphatic carbocycles. The maximum Gasteiger partial charge on any atom is 0.304 e. The molecule has 1 aromatic heterocycles. The lowest BCUT2D eigenvalue weighted by atomic mass is 10.1. The predicted molar refractivity (Wildman–Crippen MR) is 101 cm³/mol. The summed E-state index contributed by atoms with van der Waals surface area (Å²) in [5.74, 6) is 4.82. The van der Waals surface area contributed by atoms with Crippen LogP contribution in [0.2, 0.25) is 0 Å². The third kappa shape index (κ3) is 11.1. The van der Waals surface area contributed by atoms with Gasteiger partial charge in [0.05, 0.1) is 18.2 Å². The number of pyridine rings is 1. The molecule has 4 nitrogen and oxygen atoms in total. The van der Waals surface area contributed by atoms with Crippen LogP contribution < -0.4 is 0 Å². The number of aromatic nitrogens is 1. The summed E-state index contributed by atoms with van der Waals surface area (Å²) in [5.41, 5.74) is 1.35. The van der Waals surface area contributed by atoms with E-state index < -0.39 is 12.1 Å². The van der Waals surface area contributed by atoms with Crippen LogP contribution in [0.4, 0.5) is 0 Å². The highest BCUT2D eigenvalue weighted by atomic mass is 16.4. The molecular weight excluding hydrogens is 314 g/mol. The van der Waals surface area contributed by atoms with Crippen LogP contribution >= 0.6 is 0 Å². The summed E-state index contributed by atoms with van der Waals surface area (Å²) in [6.45, 7) is 2.21. The molecule has 0 saturated carbocycles. The quantitative estimate of drug-likeness (QED) is 0.461. The Labute approximate surface area is 151 Å². The zero-order valence-corrected chi connectivity index (χ0v) is 15.1. The highest BCUT2D eigenvalue weighted by molar-refractivity contribution is 5.67. The average Bonchev–Trinajstić information content (AvgIpc) is 2.60. The van der Waals surface area contributed by atoms with Gasteiger partial charge in [0.25, 0.3) is 0 Å². The fourth-order valence-corrected chi connectivity index (χ4v) is 2.38. The number of hydrogen-bond acceptors (Lipinski definition) is 3. The summed E-state index contributed by atoms with van der Waals surface area (Å²) < 4.78 is 0. The number of rotatable bonds is 11. The molecule has 1 heterocycles. The van der Waals surface area contributed by atoms with Gasteiger partial charge in [-0.05, 0) is 30.6 Å². The smallest absolute Gasteiger partial charge is 0.304 e. The average molecular weight is 343 g/mol. The van der Waals surface area contributed by atoms with E-state index in [1.54, 1.807) is 12.1 Å². The van der Waals surface area contributed by atoms with Crippen molar-refractivity contribution in [3.63, 3.8) is 0 Å². The Morgan fingerprint density at radius 1 is 1.24 bits per heavy atom. The van der Waals surface area contributed by atoms with Gasteiger partial charge in [0.1, 0.15) is 5.69 Å². The Morgan fingerprint density at radius 3 is 2.76 bits per heavy atom. The number of carboxylic acids is 1. The summed E-state index contributed by atoms with van der Waals surface area (Å²) in [7, 11) is 0. The fourth-order valence-electron chi connectivity index (χ4n) is 2.38. The molecule has 0 aromatic carbocycles. The van der Waals surface area contributed by atoms with Gasteiger partial charge < -0.3 is 10.2 Å². The van der Waals surface area contributed by atoms with E-state index in [1.165, 1.54) is 32.1 Å². The van der Waals surface area contributed by atoms with E-state index in [9.17, 15) is 9.90 Å². The Bertz CT molecular complexity index is 599. The van der Waals surface area contributed by atoms with Crippen LogP contribution in [0.25, 0.3) is 6.08 Å². The van der Waals surface area contributed by atoms with E-state index in [4.69, 9.17) is 5.11 Å². The Morgan fingerprint density at radius 2 is 2.00 bits per heavy atom. The van der Waals surface area contributed by atoms with Crippen molar-refractivity contribution in [3.8, 4) is 11.8 Å². The van der Waals surface area contributed by atoms with Gasteiger partial charge >= 0.3 is 5.97 Å². The molecule has 1 aromatic rings. The van der Waals surface area contributed by atoms with Gasteiger partial charge in [-0.2, -0.15) is 0 Å². The number of nitrogens with zero attached hydrogens (tertiary/aromatic N) is 1. The molecule has 136 valence electrons. The molecule has 1 atom stereocenters. The molecule has 1 rings (SSSR count). The predicted octanol–water partition coefficient (Wildman–Crippen LogP) is 4.42. The fraction of sp³-hybridized carbons (Fsp3) is 0.524. The SMILES string of the molecule is CCCCCCCC[C@H](O)/C=C/c1cccc(C#CCCC(=O)O)n1. The van der Waals surface area contributed by atoms with Gasteiger partial charge in [0.2, 0.25) is 0 Å². The van der Waals surface area contributed by atoms with Crippen molar-refractivity contribution in [1.82, 2.24) is 4.98 Å². The second kappa shape index (κ2) is 13.2. The topological polar surface area (TPSA) is 70.4 Å². The van der Waals surface area contributed by atoms with E-state index in [0.717, 1.165) is 18.5 Å². The molecule has 0 fully saturated rings. The lowest BCUT2D eigenvalue weighted by Gasteiger charge is -2.05. The van der Waals surface area contributed by atoms with Gasteiger partial charge in [-0.15, -0.1) is 0 Å². The summed E-state index contributed by atoms with van der Waals surface area (Å²) in [4.78, 5) is 14.8. The molecule has 0 aliphatic rings. The number of hydrogen-bond donors (Lipinski definition) is 2. The number of aliphatic carboxylic acids is 1. The van der Waals surface area contributed by atoms with Gasteiger partial charge in [0, 0.05) is 6.42 Å². The molecule has 2 N–H and O–H groups in total. The summed E-state index contributed by atoms with van der Waals surface area (Å²) in [6.07, 6.45) is 11.6. The van der Waals surface area contributed by atoms with Crippen LogP contribution in [-0.4, -0.2) is 27.3 Å². The summed E-state index contributed by atoms with van der Waals surface area (Å²) >= 11 is 0. The van der Waals surface area contributed by atoms with Crippen molar-refractivity contribution in [1.29, 1.82) is 0 Å². The van der Waals surface area contributed by atoms with Crippen LogP contribution in [0.5, 0.6) is 0 Å². The number of aliphatic hydroxyl groups is 1. The zero-order chi connectivity index (χ0) is 18.3. The number of carbonyl (C=O) groups is 1. The second-order valence-corrected chi connectivity index (χ2v) is 6.13. The van der Waals surface area contributed by atoms with Crippen LogP contribution in [0, 0.1) is 11.8 Å². The van der Waals surface area contributed by atoms with Crippen LogP contribution in [-0.2, 0) is 4.79 Å². The van der Waals surface area contributed by atoms with Crippen molar-refractivity contribution in [3.05, 3.63) is 35.7 Å². The Hall–Kier alpha value is -2.12. The molecule has 0 aliphatic heterocycles. The molecular formula is C21H29NO3. The third-order valence-electron chi connectivity index (χ3n) is 3.79. The maximum atomic E-state index is 10.4. The number of carboxylic acid groups (broad SMARTS) is 1. The molecule has 0 radical (unpaired) electrons. The maximum absolute atomic E-state index is 10.4. The highest BCUT2D eigenvalue weighted by Gasteiger charge is 2.00. The van der Waals surface area contributed by atoms with Crippen molar-refractivity contribution >= 4 is 12.0 Å². The van der Waals surface area contributed by atoms with E-state index in [1.807, 2.05) is 18.2 Å². The normalized spacial score (nSPS) is 11.9. The standard InChI is InChI=1S/C21H29NO3/c1-2-3-4-5-6-7-14-20(23)17-16-19-13-10-12-18(22-19)11-8-9-15-21(24)25/h10,12-13,16-17,20,23H,2-7,9,14-15H2,1H3,(H,24,25)/b17-16+/t20-/m0/s1. The third-order valence-corrected chi connectivity index (χ3v) is 3.79. The van der Waals surface area contributed by atoms with E-state index in [2.05, 4.69) is 23.7 Å². The minimum absolute atomic E-state index is 0.0389. The van der Waals surface area contributed by atoms with E-state index in [-0.39, 0.29) is 6.42 Å². The summed E-state index contributed by atoms with van der Waals surface area (Å²) in [6, 6.07) is 5.50. The molecule has 0 saturated heterocycles. The minimum atomic E-state index is -0.849. The molecule has 4 heteroatoms.